The highest BCUT2D eigenvalue weighted by atomic mass is 32.2. The van der Waals surface area contributed by atoms with Crippen molar-refractivity contribution in [2.75, 3.05) is 44.3 Å². The third kappa shape index (κ3) is 7.64. The van der Waals surface area contributed by atoms with Gasteiger partial charge in [-0.2, -0.15) is 0 Å². The third-order valence-corrected chi connectivity index (χ3v) is 9.15. The van der Waals surface area contributed by atoms with Gasteiger partial charge in [0, 0.05) is 55.1 Å². The van der Waals surface area contributed by atoms with E-state index in [0.29, 0.717) is 52.2 Å². The fraction of sp³-hybridized carbons (Fsp3) is 0.290. The highest BCUT2D eigenvalue weighted by molar-refractivity contribution is 7.90. The van der Waals surface area contributed by atoms with Crippen LogP contribution in [0.25, 0.3) is 11.3 Å². The molecule has 0 spiro atoms. The van der Waals surface area contributed by atoms with Crippen LogP contribution in [0.3, 0.4) is 0 Å². The van der Waals surface area contributed by atoms with Crippen LogP contribution in [-0.4, -0.2) is 79.0 Å². The van der Waals surface area contributed by atoms with Gasteiger partial charge in [0.15, 0.2) is 15.0 Å². The number of ether oxygens (including phenoxy) is 1. The van der Waals surface area contributed by atoms with Gasteiger partial charge in [0.1, 0.15) is 11.5 Å². The number of amides is 2. The molecule has 2 amide bonds. The number of aromatic nitrogens is 2. The molecule has 1 saturated heterocycles. The summed E-state index contributed by atoms with van der Waals surface area (Å²) in [4.78, 5) is 39.6. The van der Waals surface area contributed by atoms with Crippen LogP contribution in [0.5, 0.6) is 11.5 Å². The van der Waals surface area contributed by atoms with Gasteiger partial charge < -0.3 is 14.5 Å². The van der Waals surface area contributed by atoms with Crippen LogP contribution in [0, 0.1) is 6.92 Å². The standard InChI is InChI=1S/C31H33N5O5S2/c1-4-35-12-14-36(15-13-35)28(37)19-24-20-42-31(33-24)34-30(38)23-16-22(29-21(2)6-5-11-32-29)17-26(18-23)41-25-7-9-27(10-8-25)43(3,39)40/h5-11,16-18,20H,4,12-15,19H2,1-3H3,(H,33,34,38). The number of rotatable bonds is 9. The largest absolute Gasteiger partial charge is 0.457 e. The van der Waals surface area contributed by atoms with Crippen molar-refractivity contribution in [2.45, 2.75) is 25.2 Å². The van der Waals surface area contributed by atoms with Crippen LogP contribution in [0.2, 0.25) is 0 Å². The van der Waals surface area contributed by atoms with Crippen molar-refractivity contribution in [1.82, 2.24) is 19.8 Å². The first-order chi connectivity index (χ1) is 20.6. The molecule has 1 aliphatic rings. The normalized spacial score (nSPS) is 14.0. The molecule has 1 N–H and O–H groups in total. The zero-order valence-electron chi connectivity index (χ0n) is 24.2. The second-order valence-corrected chi connectivity index (χ2v) is 13.2. The number of carbonyl (C=O) groups is 2. The Morgan fingerprint density at radius 1 is 1.02 bits per heavy atom. The lowest BCUT2D eigenvalue weighted by Crippen LogP contribution is -2.48. The van der Waals surface area contributed by atoms with Gasteiger partial charge in [0.2, 0.25) is 5.91 Å². The van der Waals surface area contributed by atoms with E-state index in [4.69, 9.17) is 4.74 Å². The van der Waals surface area contributed by atoms with E-state index in [-0.39, 0.29) is 17.2 Å². The Morgan fingerprint density at radius 3 is 2.44 bits per heavy atom. The number of benzene rings is 2. The number of nitrogens with zero attached hydrogens (tertiary/aromatic N) is 4. The SMILES string of the molecule is CCN1CCN(C(=O)Cc2csc(NC(=O)c3cc(Oc4ccc(S(C)(=O)=O)cc4)cc(-c4ncccc4C)c3)n2)CC1. The topological polar surface area (TPSA) is 122 Å². The Morgan fingerprint density at radius 2 is 1.77 bits per heavy atom. The van der Waals surface area contributed by atoms with Gasteiger partial charge in [-0.3, -0.25) is 19.9 Å². The van der Waals surface area contributed by atoms with Crippen molar-refractivity contribution in [1.29, 1.82) is 0 Å². The molecule has 10 nitrogen and oxygen atoms in total. The van der Waals surface area contributed by atoms with Gasteiger partial charge in [-0.05, 0) is 67.6 Å². The van der Waals surface area contributed by atoms with Crippen molar-refractivity contribution in [2.24, 2.45) is 0 Å². The van der Waals surface area contributed by atoms with Gasteiger partial charge in [0.25, 0.3) is 5.91 Å². The van der Waals surface area contributed by atoms with Crippen LogP contribution >= 0.6 is 11.3 Å². The van der Waals surface area contributed by atoms with Gasteiger partial charge in [-0.25, -0.2) is 13.4 Å². The van der Waals surface area contributed by atoms with Crippen molar-refractivity contribution in [3.63, 3.8) is 0 Å². The number of pyridine rings is 1. The van der Waals surface area contributed by atoms with Gasteiger partial charge >= 0.3 is 0 Å². The molecule has 3 heterocycles. The van der Waals surface area contributed by atoms with Gasteiger partial charge in [-0.15, -0.1) is 11.3 Å². The van der Waals surface area contributed by atoms with Crippen molar-refractivity contribution < 1.29 is 22.7 Å². The molecule has 0 unspecified atom stereocenters. The fourth-order valence-electron chi connectivity index (χ4n) is 4.80. The van der Waals surface area contributed by atoms with Crippen molar-refractivity contribution in [3.05, 3.63) is 83.0 Å². The second kappa shape index (κ2) is 13.0. The fourth-order valence-corrected chi connectivity index (χ4v) is 6.14. The lowest BCUT2D eigenvalue weighted by molar-refractivity contribution is -0.132. The summed E-state index contributed by atoms with van der Waals surface area (Å²) in [5.74, 6) is 0.437. The minimum Gasteiger partial charge on any atom is -0.457 e. The number of carbonyl (C=O) groups excluding carboxylic acids is 2. The number of sulfone groups is 1. The Bertz CT molecular complexity index is 1730. The van der Waals surface area contributed by atoms with E-state index in [0.717, 1.165) is 31.5 Å². The van der Waals surface area contributed by atoms with E-state index < -0.39 is 15.7 Å². The summed E-state index contributed by atoms with van der Waals surface area (Å²) in [6, 6.07) is 15.0. The number of nitrogens with one attached hydrogen (secondary N) is 1. The predicted octanol–water partition coefficient (Wildman–Crippen LogP) is 4.67. The van der Waals surface area contributed by atoms with E-state index in [1.807, 2.05) is 24.0 Å². The molecule has 5 rings (SSSR count). The molecule has 0 atom stereocenters. The summed E-state index contributed by atoms with van der Waals surface area (Å²) in [5, 5.41) is 5.03. The number of likely N-dealkylation sites (N-methyl/N-ethyl adjacent to an activating group) is 1. The molecule has 0 saturated carbocycles. The predicted molar refractivity (Wildman–Crippen MR) is 167 cm³/mol. The molecular formula is C31H33N5O5S2. The van der Waals surface area contributed by atoms with E-state index in [1.54, 1.807) is 41.9 Å². The van der Waals surface area contributed by atoms with E-state index in [1.165, 1.54) is 23.5 Å². The minimum atomic E-state index is -3.35. The number of aryl methyl sites for hydroxylation is 1. The summed E-state index contributed by atoms with van der Waals surface area (Å²) in [5.41, 5.74) is 3.25. The molecule has 12 heteroatoms. The number of hydrogen-bond acceptors (Lipinski definition) is 9. The third-order valence-electron chi connectivity index (χ3n) is 7.22. The molecule has 1 fully saturated rings. The Hall–Kier alpha value is -4.13. The molecule has 0 bridgehead atoms. The molecule has 2 aromatic carbocycles. The van der Waals surface area contributed by atoms with Crippen molar-refractivity contribution in [3.8, 4) is 22.8 Å². The smallest absolute Gasteiger partial charge is 0.257 e. The highest BCUT2D eigenvalue weighted by Crippen LogP contribution is 2.31. The molecular weight excluding hydrogens is 587 g/mol. The Labute approximate surface area is 255 Å². The average Bonchev–Trinajstić information content (AvgIpc) is 3.43. The Kier molecular flexibility index (Phi) is 9.19. The summed E-state index contributed by atoms with van der Waals surface area (Å²) >= 11 is 1.26. The van der Waals surface area contributed by atoms with Crippen LogP contribution in [-0.2, 0) is 21.1 Å². The lowest BCUT2D eigenvalue weighted by atomic mass is 10.0. The number of piperazine rings is 1. The monoisotopic (exact) mass is 619 g/mol. The molecule has 0 aliphatic carbocycles. The highest BCUT2D eigenvalue weighted by Gasteiger charge is 2.21. The summed E-state index contributed by atoms with van der Waals surface area (Å²) < 4.78 is 29.7. The zero-order chi connectivity index (χ0) is 30.6. The summed E-state index contributed by atoms with van der Waals surface area (Å²) in [6.07, 6.45) is 3.01. The summed E-state index contributed by atoms with van der Waals surface area (Å²) in [6.45, 7) is 8.19. The first-order valence-corrected chi connectivity index (χ1v) is 16.7. The molecule has 1 aliphatic heterocycles. The van der Waals surface area contributed by atoms with Crippen LogP contribution < -0.4 is 10.1 Å². The first kappa shape index (κ1) is 30.3. The average molecular weight is 620 g/mol. The van der Waals surface area contributed by atoms with Crippen LogP contribution in [0.4, 0.5) is 5.13 Å². The quantitative estimate of drug-likeness (QED) is 0.287. The lowest BCUT2D eigenvalue weighted by Gasteiger charge is -2.34. The van der Waals surface area contributed by atoms with E-state index >= 15 is 0 Å². The van der Waals surface area contributed by atoms with Crippen LogP contribution in [0.1, 0.15) is 28.5 Å². The second-order valence-electron chi connectivity index (χ2n) is 10.4. The first-order valence-electron chi connectivity index (χ1n) is 13.9. The maximum Gasteiger partial charge on any atom is 0.257 e. The van der Waals surface area contributed by atoms with E-state index in [9.17, 15) is 18.0 Å². The molecule has 2 aromatic heterocycles. The molecule has 224 valence electrons. The van der Waals surface area contributed by atoms with Crippen molar-refractivity contribution >= 4 is 38.1 Å². The molecule has 0 radical (unpaired) electrons. The number of thiazole rings is 1. The van der Waals surface area contributed by atoms with Crippen LogP contribution in [0.15, 0.2) is 71.1 Å². The Balaban J connectivity index is 1.34. The van der Waals surface area contributed by atoms with E-state index in [2.05, 4.69) is 27.1 Å². The zero-order valence-corrected chi connectivity index (χ0v) is 25.9. The maximum atomic E-state index is 13.4. The summed E-state index contributed by atoms with van der Waals surface area (Å²) in [7, 11) is -3.35. The minimum absolute atomic E-state index is 0.0312. The maximum absolute atomic E-state index is 13.4. The molecule has 4 aromatic rings. The number of hydrogen-bond donors (Lipinski definition) is 1. The molecule has 43 heavy (non-hydrogen) atoms. The van der Waals surface area contributed by atoms with Gasteiger partial charge in [-0.1, -0.05) is 13.0 Å². The number of anilines is 1. The van der Waals surface area contributed by atoms with Gasteiger partial charge in [0.05, 0.1) is 22.7 Å².